The van der Waals surface area contributed by atoms with Crippen LogP contribution in [0.2, 0.25) is 0 Å². The summed E-state index contributed by atoms with van der Waals surface area (Å²) < 4.78 is 51.6. The lowest BCUT2D eigenvalue weighted by atomic mass is 9.93. The van der Waals surface area contributed by atoms with Gasteiger partial charge in [-0.25, -0.2) is 13.2 Å². The molecular weight excluding hydrogens is 617 g/mol. The molecule has 3 saturated heterocycles. The summed E-state index contributed by atoms with van der Waals surface area (Å²) in [5.74, 6) is -2.09. The molecule has 3 aliphatic rings. The zero-order valence-electron chi connectivity index (χ0n) is 26.9. The van der Waals surface area contributed by atoms with Crippen LogP contribution in [0.15, 0.2) is 60.9 Å². The molecule has 3 atom stereocenters. The summed E-state index contributed by atoms with van der Waals surface area (Å²) in [5.41, 5.74) is 1.85. The average Bonchev–Trinajstić information content (AvgIpc) is 3.62. The quantitative estimate of drug-likeness (QED) is 0.200. The summed E-state index contributed by atoms with van der Waals surface area (Å²) >= 11 is 0. The summed E-state index contributed by atoms with van der Waals surface area (Å²) in [5, 5.41) is 12.0. The van der Waals surface area contributed by atoms with Crippen LogP contribution in [0.5, 0.6) is 6.01 Å². The first-order valence-corrected chi connectivity index (χ1v) is 16.5. The number of piperazine rings is 1. The number of hydrogen-bond donors (Lipinski definition) is 0. The Hall–Kier alpha value is -4.69. The van der Waals surface area contributed by atoms with Gasteiger partial charge in [0, 0.05) is 43.5 Å². The van der Waals surface area contributed by atoms with Gasteiger partial charge in [-0.1, -0.05) is 56.0 Å². The summed E-state index contributed by atoms with van der Waals surface area (Å²) in [6, 6.07) is 16.9. The molecule has 3 aromatic carbocycles. The van der Waals surface area contributed by atoms with Crippen LogP contribution in [0.3, 0.4) is 0 Å². The largest absolute Gasteiger partial charge is 0.461 e. The molecule has 0 spiro atoms. The second-order valence-electron chi connectivity index (χ2n) is 13.1. The minimum absolute atomic E-state index is 0.0308. The van der Waals surface area contributed by atoms with Crippen molar-refractivity contribution in [2.45, 2.75) is 56.8 Å². The lowest BCUT2D eigenvalue weighted by Gasteiger charge is -2.41. The molecule has 0 unspecified atom stereocenters. The van der Waals surface area contributed by atoms with Crippen molar-refractivity contribution in [3.63, 3.8) is 0 Å². The number of benzene rings is 3. The van der Waals surface area contributed by atoms with Crippen molar-refractivity contribution in [1.29, 1.82) is 5.26 Å². The summed E-state index contributed by atoms with van der Waals surface area (Å²) in [4.78, 5) is 27.3. The smallest absolute Gasteiger partial charge is 0.319 e. The molecule has 48 heavy (non-hydrogen) atoms. The molecule has 0 bridgehead atoms. The Morgan fingerprint density at radius 1 is 1.10 bits per heavy atom. The van der Waals surface area contributed by atoms with Crippen molar-refractivity contribution in [2.75, 3.05) is 44.2 Å². The fraction of sp³-hybridized carbons (Fsp3) is 0.405. The standard InChI is InChI=1S/C37H37F3N6O2/c1-3-24-7-4-8-25-9-5-10-28(31(24)25)29-11-12-30-33(32(29)40)42-36(48-22-37-14-6-16-45(37)20-26(39)19-37)43-34(30)44-17-18-46(35(47)23(2)38)27(21-44)13-15-41/h4-5,7-12,26-27H,2-3,6,13-14,16-22H2,1H3/t26-,27+,37+/m1/s1. The van der Waals surface area contributed by atoms with Gasteiger partial charge >= 0.3 is 6.01 Å². The first-order valence-electron chi connectivity index (χ1n) is 16.5. The van der Waals surface area contributed by atoms with Gasteiger partial charge in [-0.3, -0.25) is 9.69 Å². The third kappa shape index (κ3) is 5.52. The van der Waals surface area contributed by atoms with Gasteiger partial charge in [0.05, 0.1) is 24.1 Å². The van der Waals surface area contributed by atoms with Crippen LogP contribution in [-0.2, 0) is 11.2 Å². The molecule has 248 valence electrons. The fourth-order valence-corrected chi connectivity index (χ4v) is 7.98. The number of aryl methyl sites for hydroxylation is 1. The van der Waals surface area contributed by atoms with Crippen LogP contribution in [0.4, 0.5) is 19.0 Å². The number of carbonyl (C=O) groups excluding carboxylic acids is 1. The molecule has 7 rings (SSSR count). The number of alkyl halides is 1. The van der Waals surface area contributed by atoms with Crippen molar-refractivity contribution < 1.29 is 22.7 Å². The minimum Gasteiger partial charge on any atom is -0.461 e. The van der Waals surface area contributed by atoms with Gasteiger partial charge in [0.15, 0.2) is 11.6 Å². The highest BCUT2D eigenvalue weighted by atomic mass is 19.1. The molecule has 11 heteroatoms. The highest BCUT2D eigenvalue weighted by molar-refractivity contribution is 6.02. The lowest BCUT2D eigenvalue weighted by molar-refractivity contribution is -0.131. The van der Waals surface area contributed by atoms with Gasteiger partial charge < -0.3 is 14.5 Å². The molecule has 4 heterocycles. The monoisotopic (exact) mass is 654 g/mol. The second kappa shape index (κ2) is 12.7. The molecule has 0 N–H and O–H groups in total. The highest BCUT2D eigenvalue weighted by Crippen LogP contribution is 2.41. The molecule has 0 saturated carbocycles. The number of rotatable bonds is 8. The van der Waals surface area contributed by atoms with E-state index in [1.54, 1.807) is 12.1 Å². The van der Waals surface area contributed by atoms with Crippen LogP contribution in [-0.4, -0.2) is 82.8 Å². The van der Waals surface area contributed by atoms with Crippen molar-refractivity contribution in [2.24, 2.45) is 0 Å². The number of fused-ring (bicyclic) bond motifs is 3. The third-order valence-electron chi connectivity index (χ3n) is 10.3. The fourth-order valence-electron chi connectivity index (χ4n) is 7.98. The third-order valence-corrected chi connectivity index (χ3v) is 10.3. The summed E-state index contributed by atoms with van der Waals surface area (Å²) in [6.45, 7) is 7.07. The van der Waals surface area contributed by atoms with Gasteiger partial charge in [-0.2, -0.15) is 15.2 Å². The van der Waals surface area contributed by atoms with E-state index in [1.807, 2.05) is 41.3 Å². The number of anilines is 1. The van der Waals surface area contributed by atoms with E-state index in [9.17, 15) is 18.8 Å². The summed E-state index contributed by atoms with van der Waals surface area (Å²) in [7, 11) is 0. The van der Waals surface area contributed by atoms with Crippen LogP contribution in [0.1, 0.15) is 38.2 Å². The van der Waals surface area contributed by atoms with Crippen LogP contribution < -0.4 is 9.64 Å². The predicted octanol–water partition coefficient (Wildman–Crippen LogP) is 6.52. The zero-order chi connectivity index (χ0) is 33.6. The lowest BCUT2D eigenvalue weighted by Crippen LogP contribution is -2.55. The number of amides is 1. The molecule has 8 nitrogen and oxygen atoms in total. The molecule has 1 aromatic heterocycles. The Morgan fingerprint density at radius 2 is 1.92 bits per heavy atom. The maximum Gasteiger partial charge on any atom is 0.319 e. The molecule has 0 aliphatic carbocycles. The number of ether oxygens (including phenoxy) is 1. The molecule has 3 aliphatic heterocycles. The highest BCUT2D eigenvalue weighted by Gasteiger charge is 2.49. The molecule has 1 amide bonds. The number of carbonyl (C=O) groups is 1. The van der Waals surface area contributed by atoms with E-state index in [4.69, 9.17) is 9.72 Å². The van der Waals surface area contributed by atoms with E-state index in [0.717, 1.165) is 47.7 Å². The summed E-state index contributed by atoms with van der Waals surface area (Å²) in [6.07, 6.45) is 1.89. The van der Waals surface area contributed by atoms with Gasteiger partial charge in [-0.15, -0.1) is 0 Å². The first-order chi connectivity index (χ1) is 23.2. The molecule has 4 aromatic rings. The van der Waals surface area contributed by atoms with E-state index in [1.165, 1.54) is 4.90 Å². The Kier molecular flexibility index (Phi) is 8.46. The van der Waals surface area contributed by atoms with Gasteiger partial charge in [0.2, 0.25) is 0 Å². The Morgan fingerprint density at radius 3 is 2.69 bits per heavy atom. The Labute approximate surface area is 277 Å². The van der Waals surface area contributed by atoms with E-state index < -0.39 is 35.3 Å². The molecular formula is C37H37F3N6O2. The number of halogens is 3. The Bertz CT molecular complexity index is 1960. The van der Waals surface area contributed by atoms with Crippen LogP contribution in [0.25, 0.3) is 32.8 Å². The predicted molar refractivity (Wildman–Crippen MR) is 179 cm³/mol. The first kappa shape index (κ1) is 31.9. The van der Waals surface area contributed by atoms with E-state index in [-0.39, 0.29) is 44.2 Å². The van der Waals surface area contributed by atoms with E-state index >= 15 is 4.39 Å². The maximum absolute atomic E-state index is 16.9. The average molecular weight is 655 g/mol. The van der Waals surface area contributed by atoms with Gasteiger partial charge in [-0.05, 0) is 53.8 Å². The topological polar surface area (TPSA) is 85.6 Å². The Balaban J connectivity index is 1.33. The SMILES string of the molecule is C=C(F)C(=O)N1CCN(c2nc(OC[C@@]34CCCN3C[C@H](F)C4)nc3c(F)c(-c4cccc5cccc(CC)c45)ccc23)C[C@@H]1CC#N. The van der Waals surface area contributed by atoms with Crippen molar-refractivity contribution in [3.05, 3.63) is 72.3 Å². The molecule has 0 radical (unpaired) electrons. The van der Waals surface area contributed by atoms with E-state index in [0.29, 0.717) is 29.7 Å². The number of aromatic nitrogens is 2. The zero-order valence-corrected chi connectivity index (χ0v) is 26.9. The number of nitrogens with zero attached hydrogens (tertiary/aromatic N) is 6. The number of hydrogen-bond acceptors (Lipinski definition) is 7. The minimum atomic E-state index is -1.09. The van der Waals surface area contributed by atoms with Gasteiger partial charge in [0.25, 0.3) is 5.91 Å². The van der Waals surface area contributed by atoms with E-state index in [2.05, 4.69) is 29.5 Å². The van der Waals surface area contributed by atoms with Crippen molar-refractivity contribution in [3.8, 4) is 23.2 Å². The second-order valence-corrected chi connectivity index (χ2v) is 13.1. The van der Waals surface area contributed by atoms with Crippen LogP contribution in [0, 0.1) is 17.1 Å². The van der Waals surface area contributed by atoms with Crippen LogP contribution >= 0.6 is 0 Å². The van der Waals surface area contributed by atoms with Crippen molar-refractivity contribution >= 4 is 33.4 Å². The maximum atomic E-state index is 16.9. The van der Waals surface area contributed by atoms with Crippen molar-refractivity contribution in [1.82, 2.24) is 19.8 Å². The normalized spacial score (nSPS) is 22.6. The number of nitriles is 1. The molecule has 3 fully saturated rings. The van der Waals surface area contributed by atoms with Gasteiger partial charge in [0.1, 0.15) is 24.1 Å².